The molecule has 6 atom stereocenters. The normalized spacial score (nSPS) is 15.4. The van der Waals surface area contributed by atoms with E-state index in [0.717, 1.165) is 0 Å². The van der Waals surface area contributed by atoms with Gasteiger partial charge in [-0.25, -0.2) is 0 Å². The first-order chi connectivity index (χ1) is 18.9. The van der Waals surface area contributed by atoms with Crippen molar-refractivity contribution in [2.75, 3.05) is 13.1 Å². The van der Waals surface area contributed by atoms with Crippen LogP contribution in [0.5, 0.6) is 0 Å². The summed E-state index contributed by atoms with van der Waals surface area (Å²) in [6, 6.07) is -4.82. The lowest BCUT2D eigenvalue weighted by Crippen LogP contribution is -2.59. The minimum Gasteiger partial charge on any atom is -0.370 e. The zero-order valence-corrected chi connectivity index (χ0v) is 24.1. The summed E-state index contributed by atoms with van der Waals surface area (Å²) in [4.78, 5) is 74.4. The molecular formula is C26H50N8O6. The fourth-order valence-electron chi connectivity index (χ4n) is 3.79. The van der Waals surface area contributed by atoms with E-state index in [-0.39, 0.29) is 18.8 Å². The molecule has 14 nitrogen and oxygen atoms in total. The van der Waals surface area contributed by atoms with Gasteiger partial charge in [0.25, 0.3) is 0 Å². The molecule has 0 radical (unpaired) electrons. The van der Waals surface area contributed by atoms with Crippen molar-refractivity contribution in [1.29, 1.82) is 0 Å². The standard InChI is InChI=1S/C26H50N8O6/c1-4-16(2)22(26(40)32-18(15-35)9-5-7-13-27)34-25(39)20(11-12-21(30)36)33-23(37)17(3)31-24(38)19(29)10-6-8-14-28/h15-20,22H,4-14,27-29H2,1-3H3,(H2,30,36)(H,31,38)(H,32,40)(H,33,37)(H,34,39)/t16-,17-,18-,19-,20-,22-/m0/s1. The molecule has 0 saturated carbocycles. The lowest BCUT2D eigenvalue weighted by Gasteiger charge is -2.28. The average Bonchev–Trinajstić information content (AvgIpc) is 2.92. The van der Waals surface area contributed by atoms with Crippen LogP contribution >= 0.6 is 0 Å². The number of nitrogens with one attached hydrogen (secondary N) is 4. The number of hydrogen-bond donors (Lipinski definition) is 8. The van der Waals surface area contributed by atoms with Gasteiger partial charge in [-0.3, -0.25) is 24.0 Å². The molecule has 0 aliphatic carbocycles. The van der Waals surface area contributed by atoms with Gasteiger partial charge < -0.3 is 49.0 Å². The van der Waals surface area contributed by atoms with Crippen LogP contribution in [0.4, 0.5) is 0 Å². The van der Waals surface area contributed by atoms with Crippen molar-refractivity contribution in [1.82, 2.24) is 21.3 Å². The highest BCUT2D eigenvalue weighted by molar-refractivity contribution is 5.95. The fourth-order valence-corrected chi connectivity index (χ4v) is 3.79. The maximum atomic E-state index is 13.2. The molecule has 40 heavy (non-hydrogen) atoms. The van der Waals surface area contributed by atoms with Gasteiger partial charge in [-0.1, -0.05) is 26.7 Å². The number of hydrogen-bond acceptors (Lipinski definition) is 9. The van der Waals surface area contributed by atoms with Crippen molar-refractivity contribution in [3.05, 3.63) is 0 Å². The van der Waals surface area contributed by atoms with E-state index in [1.54, 1.807) is 6.92 Å². The summed E-state index contributed by atoms with van der Waals surface area (Å²) in [5, 5.41) is 10.3. The number of unbranched alkanes of at least 4 members (excludes halogenated alkanes) is 2. The monoisotopic (exact) mass is 570 g/mol. The number of carbonyl (C=O) groups excluding carboxylic acids is 6. The van der Waals surface area contributed by atoms with Crippen LogP contribution in [-0.2, 0) is 28.8 Å². The molecule has 0 saturated heterocycles. The molecule has 0 rings (SSSR count). The van der Waals surface area contributed by atoms with Crippen LogP contribution in [-0.4, -0.2) is 79.1 Å². The van der Waals surface area contributed by atoms with Crippen LogP contribution in [0.15, 0.2) is 0 Å². The number of rotatable bonds is 22. The topological polar surface area (TPSA) is 255 Å². The molecular weight excluding hydrogens is 520 g/mol. The summed E-state index contributed by atoms with van der Waals surface area (Å²) in [7, 11) is 0. The molecule has 12 N–H and O–H groups in total. The van der Waals surface area contributed by atoms with Crippen LogP contribution in [0, 0.1) is 5.92 Å². The number of aldehydes is 1. The smallest absolute Gasteiger partial charge is 0.243 e. The molecule has 0 spiro atoms. The third-order valence-electron chi connectivity index (χ3n) is 6.62. The third-order valence-corrected chi connectivity index (χ3v) is 6.62. The van der Waals surface area contributed by atoms with Gasteiger partial charge in [0.2, 0.25) is 29.5 Å². The lowest BCUT2D eigenvalue weighted by molar-refractivity contribution is -0.135. The summed E-state index contributed by atoms with van der Waals surface area (Å²) in [6.07, 6.45) is 4.37. The second-order valence-electron chi connectivity index (χ2n) is 10.1. The van der Waals surface area contributed by atoms with Gasteiger partial charge in [0.1, 0.15) is 24.4 Å². The van der Waals surface area contributed by atoms with Gasteiger partial charge in [-0.2, -0.15) is 0 Å². The summed E-state index contributed by atoms with van der Waals surface area (Å²) >= 11 is 0. The maximum Gasteiger partial charge on any atom is 0.243 e. The van der Waals surface area contributed by atoms with Crippen LogP contribution in [0.2, 0.25) is 0 Å². The second-order valence-corrected chi connectivity index (χ2v) is 10.1. The third kappa shape index (κ3) is 14.9. The number of primary amides is 1. The molecule has 230 valence electrons. The summed E-state index contributed by atoms with van der Waals surface area (Å²) in [6.45, 7) is 5.98. The Labute approximate surface area is 236 Å². The molecule has 0 aromatic carbocycles. The Morgan fingerprint density at radius 3 is 1.88 bits per heavy atom. The zero-order valence-electron chi connectivity index (χ0n) is 24.1. The van der Waals surface area contributed by atoms with Crippen molar-refractivity contribution < 1.29 is 28.8 Å². The Balaban J connectivity index is 5.48. The zero-order chi connectivity index (χ0) is 30.7. The van der Waals surface area contributed by atoms with Gasteiger partial charge in [0.05, 0.1) is 12.1 Å². The van der Waals surface area contributed by atoms with E-state index in [4.69, 9.17) is 22.9 Å². The molecule has 0 fully saturated rings. The quantitative estimate of drug-likeness (QED) is 0.0530. The fraction of sp³-hybridized carbons (Fsp3) is 0.769. The first-order valence-corrected chi connectivity index (χ1v) is 14.0. The van der Waals surface area contributed by atoms with E-state index >= 15 is 0 Å². The molecule has 0 unspecified atom stereocenters. The van der Waals surface area contributed by atoms with Gasteiger partial charge in [-0.15, -0.1) is 0 Å². The molecule has 0 aromatic heterocycles. The van der Waals surface area contributed by atoms with E-state index in [1.165, 1.54) is 6.92 Å². The van der Waals surface area contributed by atoms with Crippen molar-refractivity contribution >= 4 is 35.8 Å². The number of nitrogens with two attached hydrogens (primary N) is 4. The van der Waals surface area contributed by atoms with Crippen LogP contribution in [0.3, 0.4) is 0 Å². The van der Waals surface area contributed by atoms with Crippen molar-refractivity contribution in [3.8, 4) is 0 Å². The van der Waals surface area contributed by atoms with Gasteiger partial charge in [0.15, 0.2) is 0 Å². The largest absolute Gasteiger partial charge is 0.370 e. The van der Waals surface area contributed by atoms with E-state index in [9.17, 15) is 28.8 Å². The van der Waals surface area contributed by atoms with Crippen molar-refractivity contribution in [3.63, 3.8) is 0 Å². The molecule has 0 aromatic rings. The van der Waals surface area contributed by atoms with E-state index in [1.807, 2.05) is 6.92 Å². The SMILES string of the molecule is CC[C@H](C)[C@H](NC(=O)[C@H](CCC(N)=O)NC(=O)[C@H](C)NC(=O)[C@@H](N)CCCCN)C(=O)N[C@H](C=O)CCCCN. The number of amides is 5. The minimum absolute atomic E-state index is 0.128. The van der Waals surface area contributed by atoms with Crippen molar-refractivity contribution in [2.45, 2.75) is 109 Å². The van der Waals surface area contributed by atoms with E-state index in [2.05, 4.69) is 21.3 Å². The maximum absolute atomic E-state index is 13.2. The van der Waals surface area contributed by atoms with Gasteiger partial charge in [-0.05, 0) is 64.5 Å². The molecule has 0 aliphatic rings. The Hall–Kier alpha value is -3.10. The predicted octanol–water partition coefficient (Wildman–Crippen LogP) is -1.96. The van der Waals surface area contributed by atoms with Gasteiger partial charge >= 0.3 is 0 Å². The van der Waals surface area contributed by atoms with E-state index < -0.39 is 59.7 Å². The summed E-state index contributed by atoms with van der Waals surface area (Å²) in [5.74, 6) is -3.46. The minimum atomic E-state index is -1.22. The Morgan fingerprint density at radius 2 is 1.35 bits per heavy atom. The molecule has 0 heterocycles. The molecule has 0 aliphatic heterocycles. The van der Waals surface area contributed by atoms with Crippen LogP contribution in [0.25, 0.3) is 0 Å². The predicted molar refractivity (Wildman–Crippen MR) is 151 cm³/mol. The first-order valence-electron chi connectivity index (χ1n) is 14.0. The van der Waals surface area contributed by atoms with Crippen molar-refractivity contribution in [2.24, 2.45) is 28.9 Å². The Morgan fingerprint density at radius 1 is 0.750 bits per heavy atom. The molecule has 14 heteroatoms. The Bertz CT molecular complexity index is 827. The highest BCUT2D eigenvalue weighted by atomic mass is 16.2. The molecule has 0 bridgehead atoms. The summed E-state index contributed by atoms with van der Waals surface area (Å²) < 4.78 is 0. The highest BCUT2D eigenvalue weighted by Gasteiger charge is 2.32. The first kappa shape index (κ1) is 36.9. The lowest BCUT2D eigenvalue weighted by atomic mass is 9.96. The summed E-state index contributed by atoms with van der Waals surface area (Å²) in [5.41, 5.74) is 22.1. The van der Waals surface area contributed by atoms with Gasteiger partial charge in [0, 0.05) is 6.42 Å². The highest BCUT2D eigenvalue weighted by Crippen LogP contribution is 2.11. The van der Waals surface area contributed by atoms with Crippen LogP contribution in [0.1, 0.15) is 78.6 Å². The van der Waals surface area contributed by atoms with Crippen LogP contribution < -0.4 is 44.2 Å². The average molecular weight is 571 g/mol. The second kappa shape index (κ2) is 20.8. The number of carbonyl (C=O) groups is 6. The Kier molecular flexibility index (Phi) is 19.1. The van der Waals surface area contributed by atoms with E-state index in [0.29, 0.717) is 64.3 Å². The molecule has 5 amide bonds.